The highest BCUT2D eigenvalue weighted by molar-refractivity contribution is 5.77. The smallest absolute Gasteiger partial charge is 0.223 e. The van der Waals surface area contributed by atoms with Crippen molar-refractivity contribution in [3.63, 3.8) is 0 Å². The normalized spacial score (nSPS) is 29.5. The summed E-state index contributed by atoms with van der Waals surface area (Å²) in [7, 11) is 2.14. The van der Waals surface area contributed by atoms with E-state index in [1.165, 1.54) is 6.42 Å². The van der Waals surface area contributed by atoms with Crippen LogP contribution in [0.3, 0.4) is 0 Å². The highest BCUT2D eigenvalue weighted by Crippen LogP contribution is 2.43. The Morgan fingerprint density at radius 1 is 1.17 bits per heavy atom. The lowest BCUT2D eigenvalue weighted by Crippen LogP contribution is -2.49. The van der Waals surface area contributed by atoms with Crippen molar-refractivity contribution >= 4 is 5.91 Å². The molecular weight excluding hydrogens is 300 g/mol. The second-order valence-electron chi connectivity index (χ2n) is 8.90. The minimum atomic E-state index is 0.151. The lowest BCUT2D eigenvalue weighted by atomic mass is 9.69. The predicted molar refractivity (Wildman–Crippen MR) is 99.0 cm³/mol. The Morgan fingerprint density at radius 2 is 1.83 bits per heavy atom. The Bertz CT molecular complexity index is 402. The lowest BCUT2D eigenvalue weighted by Gasteiger charge is -2.44. The summed E-state index contributed by atoms with van der Waals surface area (Å²) in [4.78, 5) is 17.4. The monoisotopic (exact) mass is 338 g/mol. The third-order valence-electron chi connectivity index (χ3n) is 5.98. The molecule has 0 unspecified atom stereocenters. The SMILES string of the molecule is CC(C)CC[C@]1(CC(=O)N2CCN(C)CC2)CCO[C@H](C(C)C)C1. The van der Waals surface area contributed by atoms with Crippen LogP contribution in [0, 0.1) is 17.3 Å². The summed E-state index contributed by atoms with van der Waals surface area (Å²) in [5.74, 6) is 1.60. The van der Waals surface area contributed by atoms with Crippen molar-refractivity contribution in [1.29, 1.82) is 0 Å². The Hall–Kier alpha value is -0.610. The molecule has 2 fully saturated rings. The lowest BCUT2D eigenvalue weighted by molar-refractivity contribution is -0.140. The zero-order valence-electron chi connectivity index (χ0n) is 16.5. The number of rotatable bonds is 6. The van der Waals surface area contributed by atoms with E-state index in [1.54, 1.807) is 0 Å². The Kier molecular flexibility index (Phi) is 7.11. The summed E-state index contributed by atoms with van der Waals surface area (Å²) < 4.78 is 6.01. The standard InChI is InChI=1S/C20H38N2O2/c1-16(2)6-7-20(8-13-24-18(14-20)17(3)4)15-19(23)22-11-9-21(5)10-12-22/h16-18H,6-15H2,1-5H3/t18-,20-/m0/s1. The molecule has 0 radical (unpaired) electrons. The first-order valence-electron chi connectivity index (χ1n) is 9.89. The van der Waals surface area contributed by atoms with E-state index in [0.717, 1.165) is 58.5 Å². The molecule has 1 amide bonds. The van der Waals surface area contributed by atoms with E-state index < -0.39 is 0 Å². The number of hydrogen-bond acceptors (Lipinski definition) is 3. The first-order chi connectivity index (χ1) is 11.3. The Labute approximate surface area is 148 Å². The van der Waals surface area contributed by atoms with Gasteiger partial charge in [-0.15, -0.1) is 0 Å². The molecule has 0 saturated carbocycles. The molecule has 2 atom stereocenters. The van der Waals surface area contributed by atoms with Crippen LogP contribution in [0.15, 0.2) is 0 Å². The first-order valence-corrected chi connectivity index (χ1v) is 9.89. The van der Waals surface area contributed by atoms with Gasteiger partial charge in [0.2, 0.25) is 5.91 Å². The van der Waals surface area contributed by atoms with Crippen molar-refractivity contribution in [2.75, 3.05) is 39.8 Å². The van der Waals surface area contributed by atoms with Crippen molar-refractivity contribution in [2.45, 2.75) is 65.9 Å². The van der Waals surface area contributed by atoms with Crippen molar-refractivity contribution < 1.29 is 9.53 Å². The second-order valence-corrected chi connectivity index (χ2v) is 8.90. The fraction of sp³-hybridized carbons (Fsp3) is 0.950. The van der Waals surface area contributed by atoms with Crippen LogP contribution in [0.4, 0.5) is 0 Å². The van der Waals surface area contributed by atoms with Crippen LogP contribution >= 0.6 is 0 Å². The summed E-state index contributed by atoms with van der Waals surface area (Å²) >= 11 is 0. The highest BCUT2D eigenvalue weighted by atomic mass is 16.5. The molecule has 0 aliphatic carbocycles. The number of carbonyl (C=O) groups excluding carboxylic acids is 1. The number of carbonyl (C=O) groups is 1. The fourth-order valence-electron chi connectivity index (χ4n) is 4.00. The minimum Gasteiger partial charge on any atom is -0.378 e. The van der Waals surface area contributed by atoms with Gasteiger partial charge in [-0.05, 0) is 43.6 Å². The van der Waals surface area contributed by atoms with Gasteiger partial charge in [0.1, 0.15) is 0 Å². The van der Waals surface area contributed by atoms with Crippen LogP contribution in [-0.4, -0.2) is 61.6 Å². The molecule has 0 N–H and O–H groups in total. The number of piperazine rings is 1. The molecule has 4 heteroatoms. The molecule has 24 heavy (non-hydrogen) atoms. The molecule has 4 nitrogen and oxygen atoms in total. The molecule has 0 aromatic carbocycles. The van der Waals surface area contributed by atoms with E-state index >= 15 is 0 Å². The van der Waals surface area contributed by atoms with Gasteiger partial charge in [0.05, 0.1) is 6.10 Å². The molecule has 0 spiro atoms. The van der Waals surface area contributed by atoms with E-state index in [0.29, 0.717) is 23.8 Å². The average molecular weight is 339 g/mol. The maximum atomic E-state index is 13.0. The van der Waals surface area contributed by atoms with Crippen LogP contribution in [-0.2, 0) is 9.53 Å². The van der Waals surface area contributed by atoms with E-state index in [-0.39, 0.29) is 5.41 Å². The predicted octanol–water partition coefficient (Wildman–Crippen LogP) is 3.41. The summed E-state index contributed by atoms with van der Waals surface area (Å²) in [5.41, 5.74) is 0.151. The van der Waals surface area contributed by atoms with Crippen LogP contribution in [0.1, 0.15) is 59.8 Å². The molecule has 0 aromatic heterocycles. The van der Waals surface area contributed by atoms with E-state index in [9.17, 15) is 4.79 Å². The van der Waals surface area contributed by atoms with E-state index in [2.05, 4.69) is 44.5 Å². The zero-order valence-corrected chi connectivity index (χ0v) is 16.5. The summed E-state index contributed by atoms with van der Waals surface area (Å²) in [6.45, 7) is 13.7. The largest absolute Gasteiger partial charge is 0.378 e. The molecule has 2 aliphatic rings. The molecule has 0 bridgehead atoms. The highest BCUT2D eigenvalue weighted by Gasteiger charge is 2.40. The van der Waals surface area contributed by atoms with Gasteiger partial charge in [-0.3, -0.25) is 4.79 Å². The van der Waals surface area contributed by atoms with Gasteiger partial charge in [0.25, 0.3) is 0 Å². The second kappa shape index (κ2) is 8.66. The van der Waals surface area contributed by atoms with Gasteiger partial charge < -0.3 is 14.5 Å². The molecule has 2 heterocycles. The summed E-state index contributed by atoms with van der Waals surface area (Å²) in [5, 5.41) is 0. The average Bonchev–Trinajstić information content (AvgIpc) is 2.54. The maximum Gasteiger partial charge on any atom is 0.223 e. The van der Waals surface area contributed by atoms with Gasteiger partial charge in [-0.2, -0.15) is 0 Å². The molecule has 2 rings (SSSR count). The topological polar surface area (TPSA) is 32.8 Å². The van der Waals surface area contributed by atoms with Gasteiger partial charge in [-0.1, -0.05) is 34.1 Å². The Balaban J connectivity index is 2.03. The van der Waals surface area contributed by atoms with Crippen LogP contribution in [0.2, 0.25) is 0 Å². The van der Waals surface area contributed by atoms with Crippen molar-refractivity contribution in [3.05, 3.63) is 0 Å². The van der Waals surface area contributed by atoms with Crippen molar-refractivity contribution in [1.82, 2.24) is 9.80 Å². The summed E-state index contributed by atoms with van der Waals surface area (Å²) in [6, 6.07) is 0. The number of ether oxygens (including phenoxy) is 1. The van der Waals surface area contributed by atoms with Crippen LogP contribution in [0.5, 0.6) is 0 Å². The number of nitrogens with zero attached hydrogens (tertiary/aromatic N) is 2. The number of likely N-dealkylation sites (N-methyl/N-ethyl adjacent to an activating group) is 1. The van der Waals surface area contributed by atoms with Gasteiger partial charge in [0.15, 0.2) is 0 Å². The van der Waals surface area contributed by atoms with E-state index in [4.69, 9.17) is 4.74 Å². The molecule has 2 saturated heterocycles. The maximum absolute atomic E-state index is 13.0. The van der Waals surface area contributed by atoms with Crippen molar-refractivity contribution in [2.24, 2.45) is 17.3 Å². The van der Waals surface area contributed by atoms with Gasteiger partial charge in [0, 0.05) is 39.2 Å². The fourth-order valence-corrected chi connectivity index (χ4v) is 4.00. The minimum absolute atomic E-state index is 0.151. The number of hydrogen-bond donors (Lipinski definition) is 0. The third-order valence-corrected chi connectivity index (χ3v) is 5.98. The first kappa shape index (κ1) is 19.7. The van der Waals surface area contributed by atoms with Gasteiger partial charge >= 0.3 is 0 Å². The van der Waals surface area contributed by atoms with Crippen LogP contribution in [0.25, 0.3) is 0 Å². The van der Waals surface area contributed by atoms with E-state index in [1.807, 2.05) is 0 Å². The molecule has 140 valence electrons. The molecular formula is C20H38N2O2. The quantitative estimate of drug-likeness (QED) is 0.744. The van der Waals surface area contributed by atoms with Crippen molar-refractivity contribution in [3.8, 4) is 0 Å². The molecule has 0 aromatic rings. The Morgan fingerprint density at radius 3 is 2.42 bits per heavy atom. The van der Waals surface area contributed by atoms with Crippen LogP contribution < -0.4 is 0 Å². The summed E-state index contributed by atoms with van der Waals surface area (Å²) in [6.07, 6.45) is 5.50. The molecule has 2 aliphatic heterocycles. The number of amides is 1. The van der Waals surface area contributed by atoms with Gasteiger partial charge in [-0.25, -0.2) is 0 Å². The zero-order chi connectivity index (χ0) is 17.7. The third kappa shape index (κ3) is 5.45.